The molecule has 1 heterocycles. The Hall–Kier alpha value is -3.95. The summed E-state index contributed by atoms with van der Waals surface area (Å²) in [5.41, 5.74) is -0.528. The maximum Gasteiger partial charge on any atom is 0.261 e. The SMILES string of the molecule is COc1c(F)c(F)c(C(=O)Nc2ccc3oc(-c4cccc(F)c4)nc3c2)c(F)c1F. The van der Waals surface area contributed by atoms with E-state index in [-0.39, 0.29) is 22.7 Å². The number of halogens is 5. The summed E-state index contributed by atoms with van der Waals surface area (Å²) in [6, 6.07) is 9.56. The monoisotopic (exact) mass is 434 g/mol. The van der Waals surface area contributed by atoms with E-state index in [1.54, 1.807) is 6.07 Å². The summed E-state index contributed by atoms with van der Waals surface area (Å²) >= 11 is 0. The fourth-order valence-corrected chi connectivity index (χ4v) is 2.93. The quantitative estimate of drug-likeness (QED) is 0.343. The van der Waals surface area contributed by atoms with Crippen LogP contribution in [0.15, 0.2) is 46.9 Å². The van der Waals surface area contributed by atoms with Gasteiger partial charge in [-0.15, -0.1) is 0 Å². The van der Waals surface area contributed by atoms with E-state index in [2.05, 4.69) is 15.0 Å². The lowest BCUT2D eigenvalue weighted by Crippen LogP contribution is -2.18. The molecule has 0 spiro atoms. The number of aromatic nitrogens is 1. The Kier molecular flexibility index (Phi) is 5.05. The third-order valence-corrected chi connectivity index (χ3v) is 4.37. The van der Waals surface area contributed by atoms with Crippen LogP contribution in [0.25, 0.3) is 22.6 Å². The molecule has 31 heavy (non-hydrogen) atoms. The van der Waals surface area contributed by atoms with Gasteiger partial charge in [0.2, 0.25) is 17.5 Å². The molecule has 1 N–H and O–H groups in total. The van der Waals surface area contributed by atoms with Crippen molar-refractivity contribution in [3.05, 3.63) is 77.1 Å². The Morgan fingerprint density at radius 1 is 0.968 bits per heavy atom. The van der Waals surface area contributed by atoms with Gasteiger partial charge in [-0.05, 0) is 36.4 Å². The summed E-state index contributed by atoms with van der Waals surface area (Å²) in [7, 11) is 0.825. The van der Waals surface area contributed by atoms with Crippen LogP contribution in [0.3, 0.4) is 0 Å². The van der Waals surface area contributed by atoms with Crippen LogP contribution in [-0.4, -0.2) is 18.0 Å². The lowest BCUT2D eigenvalue weighted by atomic mass is 10.1. The first-order chi connectivity index (χ1) is 14.8. The molecule has 0 unspecified atom stereocenters. The van der Waals surface area contributed by atoms with Crippen LogP contribution >= 0.6 is 0 Å². The zero-order chi connectivity index (χ0) is 22.3. The second-order valence-electron chi connectivity index (χ2n) is 6.33. The number of nitrogens with one attached hydrogen (secondary N) is 1. The summed E-state index contributed by atoms with van der Waals surface area (Å²) in [6.45, 7) is 0. The Balaban J connectivity index is 1.67. The third-order valence-electron chi connectivity index (χ3n) is 4.37. The molecule has 3 aromatic carbocycles. The van der Waals surface area contributed by atoms with E-state index in [0.717, 1.165) is 7.11 Å². The van der Waals surface area contributed by atoms with Crippen LogP contribution in [-0.2, 0) is 0 Å². The summed E-state index contributed by atoms with van der Waals surface area (Å²) in [4.78, 5) is 16.5. The molecular weight excluding hydrogens is 423 g/mol. The summed E-state index contributed by atoms with van der Waals surface area (Å²) in [5, 5.41) is 2.15. The van der Waals surface area contributed by atoms with Crippen LogP contribution in [0.2, 0.25) is 0 Å². The smallest absolute Gasteiger partial charge is 0.261 e. The largest absolute Gasteiger partial charge is 0.491 e. The predicted octanol–water partition coefficient (Wildman–Crippen LogP) is 5.45. The number of ether oxygens (including phenoxy) is 1. The summed E-state index contributed by atoms with van der Waals surface area (Å²) in [6.07, 6.45) is 0. The van der Waals surface area contributed by atoms with Crippen LogP contribution in [0.4, 0.5) is 27.6 Å². The molecule has 10 heteroatoms. The number of hydrogen-bond donors (Lipinski definition) is 1. The van der Waals surface area contributed by atoms with Crippen LogP contribution in [0.1, 0.15) is 10.4 Å². The Morgan fingerprint density at radius 3 is 2.32 bits per heavy atom. The van der Waals surface area contributed by atoms with Crippen molar-refractivity contribution in [1.29, 1.82) is 0 Å². The van der Waals surface area contributed by atoms with Gasteiger partial charge in [-0.25, -0.2) is 18.2 Å². The first kappa shape index (κ1) is 20.3. The average Bonchev–Trinajstić information content (AvgIpc) is 3.16. The maximum absolute atomic E-state index is 14.1. The molecule has 158 valence electrons. The van der Waals surface area contributed by atoms with E-state index in [1.165, 1.54) is 36.4 Å². The topological polar surface area (TPSA) is 64.4 Å². The van der Waals surface area contributed by atoms with Gasteiger partial charge in [0.15, 0.2) is 23.0 Å². The second-order valence-corrected chi connectivity index (χ2v) is 6.33. The third kappa shape index (κ3) is 3.56. The minimum atomic E-state index is -1.90. The number of fused-ring (bicyclic) bond motifs is 1. The number of hydrogen-bond acceptors (Lipinski definition) is 4. The molecule has 0 saturated heterocycles. The number of rotatable bonds is 4. The van der Waals surface area contributed by atoms with Crippen LogP contribution in [0, 0.1) is 29.1 Å². The van der Waals surface area contributed by atoms with Crippen LogP contribution < -0.4 is 10.1 Å². The fraction of sp³-hybridized carbons (Fsp3) is 0.0476. The normalized spacial score (nSPS) is 11.0. The lowest BCUT2D eigenvalue weighted by molar-refractivity contribution is 0.101. The zero-order valence-electron chi connectivity index (χ0n) is 15.6. The molecule has 0 atom stereocenters. The molecule has 1 aromatic heterocycles. The van der Waals surface area contributed by atoms with Crippen molar-refractivity contribution in [2.24, 2.45) is 0 Å². The van der Waals surface area contributed by atoms with Crippen molar-refractivity contribution < 1.29 is 35.9 Å². The maximum atomic E-state index is 14.1. The molecular formula is C21H11F5N2O3. The van der Waals surface area contributed by atoms with Crippen molar-refractivity contribution >= 4 is 22.7 Å². The minimum Gasteiger partial charge on any atom is -0.491 e. The highest BCUT2D eigenvalue weighted by molar-refractivity contribution is 6.05. The van der Waals surface area contributed by atoms with Gasteiger partial charge in [0.1, 0.15) is 16.9 Å². The standard InChI is InChI=1S/C21H11F5N2O3/c1-30-19-17(25)15(23)14(16(24)18(19)26)20(29)27-11-5-6-13-12(8-11)28-21(31-13)9-3-2-4-10(22)7-9/h2-8H,1H3,(H,27,29). The highest BCUT2D eigenvalue weighted by atomic mass is 19.2. The van der Waals surface area contributed by atoms with Crippen molar-refractivity contribution in [3.63, 3.8) is 0 Å². The zero-order valence-corrected chi connectivity index (χ0v) is 15.6. The van der Waals surface area contributed by atoms with E-state index in [4.69, 9.17) is 4.42 Å². The fourth-order valence-electron chi connectivity index (χ4n) is 2.93. The predicted molar refractivity (Wildman–Crippen MR) is 100 cm³/mol. The highest BCUT2D eigenvalue weighted by Gasteiger charge is 2.30. The first-order valence-electron chi connectivity index (χ1n) is 8.68. The number of oxazole rings is 1. The Morgan fingerprint density at radius 2 is 1.68 bits per heavy atom. The molecule has 0 radical (unpaired) electrons. The molecule has 0 aliphatic heterocycles. The molecule has 0 saturated carbocycles. The molecule has 0 aliphatic rings. The van der Waals surface area contributed by atoms with Gasteiger partial charge in [0, 0.05) is 11.3 Å². The van der Waals surface area contributed by atoms with Gasteiger partial charge in [-0.2, -0.15) is 8.78 Å². The van der Waals surface area contributed by atoms with Gasteiger partial charge in [0.25, 0.3) is 5.91 Å². The van der Waals surface area contributed by atoms with E-state index >= 15 is 0 Å². The highest BCUT2D eigenvalue weighted by Crippen LogP contribution is 2.31. The molecule has 0 fully saturated rings. The Labute approximate surface area is 171 Å². The van der Waals surface area contributed by atoms with Gasteiger partial charge in [0.05, 0.1) is 7.11 Å². The molecule has 0 aliphatic carbocycles. The van der Waals surface area contributed by atoms with Crippen molar-refractivity contribution in [2.75, 3.05) is 12.4 Å². The van der Waals surface area contributed by atoms with Gasteiger partial charge in [-0.1, -0.05) is 6.07 Å². The average molecular weight is 434 g/mol. The van der Waals surface area contributed by atoms with Crippen molar-refractivity contribution in [2.45, 2.75) is 0 Å². The molecule has 4 aromatic rings. The van der Waals surface area contributed by atoms with Crippen molar-refractivity contribution in [1.82, 2.24) is 4.98 Å². The van der Waals surface area contributed by atoms with Gasteiger partial charge < -0.3 is 14.5 Å². The molecule has 5 nitrogen and oxygen atoms in total. The van der Waals surface area contributed by atoms with Crippen molar-refractivity contribution in [3.8, 4) is 17.2 Å². The molecule has 1 amide bonds. The van der Waals surface area contributed by atoms with E-state index < -0.39 is 46.3 Å². The summed E-state index contributed by atoms with van der Waals surface area (Å²) in [5.74, 6) is -10.6. The first-order valence-corrected chi connectivity index (χ1v) is 8.68. The van der Waals surface area contributed by atoms with E-state index in [1.807, 2.05) is 0 Å². The number of methoxy groups -OCH3 is 1. The van der Waals surface area contributed by atoms with Gasteiger partial charge >= 0.3 is 0 Å². The minimum absolute atomic E-state index is 0.0204. The van der Waals surface area contributed by atoms with Gasteiger partial charge in [-0.3, -0.25) is 4.79 Å². The number of anilines is 1. The number of carbonyl (C=O) groups is 1. The summed E-state index contributed by atoms with van der Waals surface area (Å²) < 4.78 is 79.2. The second kappa shape index (κ2) is 7.71. The number of amides is 1. The number of carbonyl (C=O) groups excluding carboxylic acids is 1. The lowest BCUT2D eigenvalue weighted by Gasteiger charge is -2.11. The Bertz CT molecular complexity index is 1310. The van der Waals surface area contributed by atoms with E-state index in [9.17, 15) is 26.7 Å². The number of nitrogens with zero attached hydrogens (tertiary/aromatic N) is 1. The molecule has 4 rings (SSSR count). The van der Waals surface area contributed by atoms with E-state index in [0.29, 0.717) is 5.56 Å². The molecule has 0 bridgehead atoms. The van der Waals surface area contributed by atoms with Crippen LogP contribution in [0.5, 0.6) is 5.75 Å². The number of benzene rings is 3.